The zero-order valence-electron chi connectivity index (χ0n) is 19.1. The fraction of sp³-hybridized carbons (Fsp3) is 0.280. The maximum atomic E-state index is 11.6. The Hall–Kier alpha value is -3.98. The smallest absolute Gasteiger partial charge is 0.222 e. The van der Waals surface area contributed by atoms with Crippen molar-refractivity contribution in [2.24, 2.45) is 0 Å². The van der Waals surface area contributed by atoms with Gasteiger partial charge >= 0.3 is 0 Å². The molecule has 5 heterocycles. The van der Waals surface area contributed by atoms with E-state index in [2.05, 4.69) is 31.2 Å². The summed E-state index contributed by atoms with van der Waals surface area (Å²) < 4.78 is 5.27. The highest BCUT2D eigenvalue weighted by molar-refractivity contribution is 6.02. The molecule has 0 aromatic carbocycles. The number of methoxy groups -OCH3 is 1. The number of hydrogen-bond donors (Lipinski definition) is 3. The van der Waals surface area contributed by atoms with Crippen LogP contribution in [0, 0.1) is 0 Å². The average Bonchev–Trinajstić information content (AvgIpc) is 3.48. The van der Waals surface area contributed by atoms with Gasteiger partial charge in [-0.1, -0.05) is 0 Å². The maximum Gasteiger partial charge on any atom is 0.222 e. The molecule has 1 amide bonds. The monoisotopic (exact) mass is 458 g/mol. The van der Waals surface area contributed by atoms with E-state index in [4.69, 9.17) is 9.72 Å². The Morgan fingerprint density at radius 3 is 2.85 bits per heavy atom. The molecule has 3 N–H and O–H groups in total. The second kappa shape index (κ2) is 9.11. The number of nitrogens with one attached hydrogen (secondary N) is 2. The Bertz CT molecular complexity index is 1330. The number of H-pyrrole nitrogens is 1. The molecule has 4 aromatic rings. The van der Waals surface area contributed by atoms with Crippen molar-refractivity contribution < 1.29 is 14.6 Å². The third kappa shape index (κ3) is 4.06. The number of pyridine rings is 3. The van der Waals surface area contributed by atoms with E-state index in [1.54, 1.807) is 19.5 Å². The van der Waals surface area contributed by atoms with Gasteiger partial charge in [-0.3, -0.25) is 14.8 Å². The Morgan fingerprint density at radius 2 is 2.12 bits per heavy atom. The molecule has 1 aliphatic heterocycles. The normalized spacial score (nSPS) is 15.6. The number of fused-ring (bicyclic) bond motifs is 1. The van der Waals surface area contributed by atoms with Gasteiger partial charge in [0.2, 0.25) is 5.91 Å². The van der Waals surface area contributed by atoms with Crippen molar-refractivity contribution in [1.82, 2.24) is 19.9 Å². The first-order valence-corrected chi connectivity index (χ1v) is 11.2. The molecule has 1 fully saturated rings. The van der Waals surface area contributed by atoms with Crippen molar-refractivity contribution in [2.75, 3.05) is 30.5 Å². The average molecular weight is 459 g/mol. The molecular weight excluding hydrogens is 432 g/mol. The Kier molecular flexibility index (Phi) is 5.85. The molecule has 4 aromatic heterocycles. The second-order valence-electron chi connectivity index (χ2n) is 8.33. The van der Waals surface area contributed by atoms with Gasteiger partial charge in [0.1, 0.15) is 11.6 Å². The molecule has 0 saturated carbocycles. The van der Waals surface area contributed by atoms with Crippen molar-refractivity contribution in [2.45, 2.75) is 25.8 Å². The highest BCUT2D eigenvalue weighted by atomic mass is 16.5. The predicted molar refractivity (Wildman–Crippen MR) is 131 cm³/mol. The topological polar surface area (TPSA) is 116 Å². The summed E-state index contributed by atoms with van der Waals surface area (Å²) in [6.45, 7) is 2.47. The van der Waals surface area contributed by atoms with Crippen LogP contribution in [0.25, 0.3) is 33.5 Å². The van der Waals surface area contributed by atoms with Crippen molar-refractivity contribution in [3.8, 4) is 28.3 Å². The van der Waals surface area contributed by atoms with Crippen LogP contribution in [-0.4, -0.2) is 57.3 Å². The van der Waals surface area contributed by atoms with Gasteiger partial charge in [-0.2, -0.15) is 0 Å². The van der Waals surface area contributed by atoms with E-state index in [9.17, 15) is 9.90 Å². The Balaban J connectivity index is 1.67. The summed E-state index contributed by atoms with van der Waals surface area (Å²) in [5.41, 5.74) is 5.89. The molecule has 9 heteroatoms. The van der Waals surface area contributed by atoms with E-state index in [0.717, 1.165) is 58.6 Å². The van der Waals surface area contributed by atoms with E-state index in [0.29, 0.717) is 11.6 Å². The third-order valence-corrected chi connectivity index (χ3v) is 6.12. The molecule has 0 aliphatic carbocycles. The van der Waals surface area contributed by atoms with Crippen LogP contribution < -0.4 is 15.0 Å². The molecule has 0 radical (unpaired) electrons. The highest BCUT2D eigenvalue weighted by Gasteiger charge is 2.25. The lowest BCUT2D eigenvalue weighted by atomic mass is 10.0. The van der Waals surface area contributed by atoms with Gasteiger partial charge in [0.05, 0.1) is 65.8 Å². The van der Waals surface area contributed by atoms with Gasteiger partial charge in [0.15, 0.2) is 0 Å². The number of rotatable bonds is 6. The molecule has 174 valence electrons. The minimum absolute atomic E-state index is 0.108. The summed E-state index contributed by atoms with van der Waals surface area (Å²) in [5.74, 6) is 0.948. The van der Waals surface area contributed by atoms with Crippen LogP contribution in [-0.2, 0) is 4.79 Å². The Labute approximate surface area is 196 Å². The van der Waals surface area contributed by atoms with Gasteiger partial charge in [-0.05, 0) is 43.2 Å². The van der Waals surface area contributed by atoms with Crippen molar-refractivity contribution >= 4 is 28.4 Å². The molecule has 5 rings (SSSR count). The number of anilines is 2. The van der Waals surface area contributed by atoms with Crippen LogP contribution in [0.5, 0.6) is 5.75 Å². The van der Waals surface area contributed by atoms with Gasteiger partial charge in [-0.25, -0.2) is 4.98 Å². The van der Waals surface area contributed by atoms with E-state index >= 15 is 0 Å². The first-order chi connectivity index (χ1) is 16.6. The highest BCUT2D eigenvalue weighted by Crippen LogP contribution is 2.39. The molecular formula is C25H26N6O3. The van der Waals surface area contributed by atoms with Crippen LogP contribution in [0.1, 0.15) is 19.8 Å². The summed E-state index contributed by atoms with van der Waals surface area (Å²) in [6.07, 6.45) is 7.21. The van der Waals surface area contributed by atoms with Crippen LogP contribution in [0.4, 0.5) is 11.5 Å². The number of ether oxygens (including phenoxy) is 1. The fourth-order valence-electron chi connectivity index (χ4n) is 4.54. The second-order valence-corrected chi connectivity index (χ2v) is 8.33. The lowest BCUT2D eigenvalue weighted by molar-refractivity contribution is -0.114. The zero-order chi connectivity index (χ0) is 23.7. The van der Waals surface area contributed by atoms with Crippen molar-refractivity contribution in [3.05, 3.63) is 48.9 Å². The number of carbonyl (C=O) groups excluding carboxylic acids is 1. The molecule has 1 atom stereocenters. The van der Waals surface area contributed by atoms with E-state index < -0.39 is 0 Å². The van der Waals surface area contributed by atoms with Gasteiger partial charge in [-0.15, -0.1) is 0 Å². The number of nitrogens with zero attached hydrogens (tertiary/aromatic N) is 4. The van der Waals surface area contributed by atoms with Gasteiger partial charge in [0, 0.05) is 25.2 Å². The quantitative estimate of drug-likeness (QED) is 0.404. The number of hydrogen-bond acceptors (Lipinski definition) is 7. The molecule has 9 nitrogen and oxygen atoms in total. The number of amides is 1. The van der Waals surface area contributed by atoms with E-state index in [1.165, 1.54) is 6.92 Å². The molecule has 34 heavy (non-hydrogen) atoms. The summed E-state index contributed by atoms with van der Waals surface area (Å²) in [6, 6.07) is 9.65. The summed E-state index contributed by atoms with van der Waals surface area (Å²) >= 11 is 0. The minimum atomic E-state index is -0.186. The fourth-order valence-corrected chi connectivity index (χ4v) is 4.54. The summed E-state index contributed by atoms with van der Waals surface area (Å²) in [7, 11) is 1.61. The molecule has 0 bridgehead atoms. The number of aromatic nitrogens is 4. The molecule has 1 saturated heterocycles. The van der Waals surface area contributed by atoms with Crippen LogP contribution in [0.15, 0.2) is 48.9 Å². The lowest BCUT2D eigenvalue weighted by Crippen LogP contribution is -2.32. The minimum Gasteiger partial charge on any atom is -0.495 e. The van der Waals surface area contributed by atoms with Crippen LogP contribution in [0.3, 0.4) is 0 Å². The van der Waals surface area contributed by atoms with Crippen LogP contribution >= 0.6 is 0 Å². The first-order valence-electron chi connectivity index (χ1n) is 11.2. The standard InChI is InChI=1S/C25H26N6O3/c1-15(33)29-22-10-16(7-8-26-22)24-23(20-6-5-19(34-2)13-27-20)25-21(30-24)11-18(12-28-25)31-9-3-4-17(31)14-32/h5-8,10-13,17,30,32H,3-4,9,14H2,1-2H3,(H,26,29,33). The lowest BCUT2D eigenvalue weighted by Gasteiger charge is -2.24. The molecule has 0 spiro atoms. The van der Waals surface area contributed by atoms with Crippen LogP contribution in [0.2, 0.25) is 0 Å². The zero-order valence-corrected chi connectivity index (χ0v) is 19.1. The number of carbonyl (C=O) groups is 1. The van der Waals surface area contributed by atoms with E-state index in [1.807, 2.05) is 30.5 Å². The number of aliphatic hydroxyl groups is 1. The first kappa shape index (κ1) is 21.8. The predicted octanol–water partition coefficient (Wildman–Crippen LogP) is 3.62. The molecule has 1 unspecified atom stereocenters. The third-order valence-electron chi connectivity index (χ3n) is 6.12. The van der Waals surface area contributed by atoms with Gasteiger partial charge in [0.25, 0.3) is 0 Å². The summed E-state index contributed by atoms with van der Waals surface area (Å²) in [4.78, 5) is 31.0. The van der Waals surface area contributed by atoms with Gasteiger partial charge < -0.3 is 25.0 Å². The Morgan fingerprint density at radius 1 is 1.24 bits per heavy atom. The number of aliphatic hydroxyl groups excluding tert-OH is 1. The molecule has 1 aliphatic rings. The van der Waals surface area contributed by atoms with Crippen molar-refractivity contribution in [3.63, 3.8) is 0 Å². The number of aromatic amines is 1. The SMILES string of the molecule is COc1ccc(-c2c(-c3ccnc(NC(C)=O)c3)[nH]c3cc(N4CCCC4CO)cnc23)nc1. The maximum absolute atomic E-state index is 11.6. The summed E-state index contributed by atoms with van der Waals surface area (Å²) in [5, 5.41) is 12.5. The van der Waals surface area contributed by atoms with E-state index in [-0.39, 0.29) is 18.6 Å². The van der Waals surface area contributed by atoms with Crippen molar-refractivity contribution in [1.29, 1.82) is 0 Å². The largest absolute Gasteiger partial charge is 0.495 e.